The molecule has 0 spiro atoms. The normalized spacial score (nSPS) is 10.9. The zero-order chi connectivity index (χ0) is 17.9. The first-order chi connectivity index (χ1) is 12.7. The molecule has 26 heavy (non-hydrogen) atoms. The highest BCUT2D eigenvalue weighted by molar-refractivity contribution is 6.05. The zero-order valence-electron chi connectivity index (χ0n) is 14.3. The third-order valence-electron chi connectivity index (χ3n) is 4.72. The van der Waals surface area contributed by atoms with Crippen LogP contribution in [0.15, 0.2) is 84.9 Å². The molecule has 2 heteroatoms. The van der Waals surface area contributed by atoms with E-state index < -0.39 is 0 Å². The number of hydrogen-bond donors (Lipinski definition) is 0. The van der Waals surface area contributed by atoms with E-state index in [2.05, 4.69) is 0 Å². The van der Waals surface area contributed by atoms with E-state index in [0.717, 1.165) is 21.5 Å². The van der Waals surface area contributed by atoms with Crippen LogP contribution in [-0.4, -0.2) is 11.6 Å². The molecule has 126 valence electrons. The van der Waals surface area contributed by atoms with Crippen LogP contribution in [0.1, 0.15) is 33.6 Å². The Kier molecular flexibility index (Phi) is 4.32. The third-order valence-corrected chi connectivity index (χ3v) is 4.72. The van der Waals surface area contributed by atoms with E-state index in [1.54, 1.807) is 0 Å². The molecule has 0 heterocycles. The van der Waals surface area contributed by atoms with Crippen molar-refractivity contribution in [1.29, 1.82) is 0 Å². The van der Waals surface area contributed by atoms with Gasteiger partial charge in [0.15, 0.2) is 11.6 Å². The summed E-state index contributed by atoms with van der Waals surface area (Å²) in [5, 5.41) is 4.30. The van der Waals surface area contributed by atoms with Gasteiger partial charge in [-0.2, -0.15) is 0 Å². The smallest absolute Gasteiger partial charge is 0.163 e. The van der Waals surface area contributed by atoms with Crippen LogP contribution < -0.4 is 0 Å². The predicted octanol–water partition coefficient (Wildman–Crippen LogP) is 5.84. The van der Waals surface area contributed by atoms with Gasteiger partial charge in [-0.05, 0) is 33.7 Å². The molecule has 0 radical (unpaired) electrons. The van der Waals surface area contributed by atoms with Crippen LogP contribution in [0.4, 0.5) is 0 Å². The fourth-order valence-corrected chi connectivity index (χ4v) is 3.24. The van der Waals surface area contributed by atoms with Gasteiger partial charge in [0, 0.05) is 24.0 Å². The summed E-state index contributed by atoms with van der Waals surface area (Å²) in [6.45, 7) is 0. The van der Waals surface area contributed by atoms with Crippen molar-refractivity contribution >= 4 is 33.1 Å². The summed E-state index contributed by atoms with van der Waals surface area (Å²) in [6, 6.07) is 27.3. The molecule has 4 aromatic rings. The lowest BCUT2D eigenvalue weighted by Crippen LogP contribution is -2.05. The van der Waals surface area contributed by atoms with Crippen molar-refractivity contribution in [2.45, 2.75) is 12.8 Å². The number of fused-ring (bicyclic) bond motifs is 2. The number of rotatable bonds is 5. The highest BCUT2D eigenvalue weighted by Gasteiger charge is 2.12. The van der Waals surface area contributed by atoms with E-state index in [0.29, 0.717) is 11.1 Å². The topological polar surface area (TPSA) is 34.1 Å². The highest BCUT2D eigenvalue weighted by atomic mass is 16.1. The van der Waals surface area contributed by atoms with Gasteiger partial charge in [-0.15, -0.1) is 0 Å². The van der Waals surface area contributed by atoms with Gasteiger partial charge in [-0.3, -0.25) is 9.59 Å². The Bertz CT molecular complexity index is 1030. The molecule has 0 aliphatic heterocycles. The average molecular weight is 338 g/mol. The van der Waals surface area contributed by atoms with E-state index in [9.17, 15) is 9.59 Å². The van der Waals surface area contributed by atoms with E-state index in [-0.39, 0.29) is 24.4 Å². The third kappa shape index (κ3) is 3.27. The van der Waals surface area contributed by atoms with Crippen molar-refractivity contribution in [2.75, 3.05) is 0 Å². The quantitative estimate of drug-likeness (QED) is 0.428. The summed E-state index contributed by atoms with van der Waals surface area (Å²) >= 11 is 0. The van der Waals surface area contributed by atoms with Crippen LogP contribution in [0, 0.1) is 0 Å². The summed E-state index contributed by atoms with van der Waals surface area (Å²) < 4.78 is 0. The maximum absolute atomic E-state index is 12.5. The second-order valence-electron chi connectivity index (χ2n) is 6.47. The second-order valence-corrected chi connectivity index (χ2v) is 6.47. The lowest BCUT2D eigenvalue weighted by molar-refractivity contribution is 0.0917. The van der Waals surface area contributed by atoms with Gasteiger partial charge in [0.25, 0.3) is 0 Å². The minimum atomic E-state index is 0.00453. The molecule has 0 unspecified atom stereocenters. The van der Waals surface area contributed by atoms with Crippen LogP contribution in [0.5, 0.6) is 0 Å². The van der Waals surface area contributed by atoms with Gasteiger partial charge in [-0.1, -0.05) is 72.8 Å². The molecule has 0 aliphatic rings. The Labute approximate surface area is 152 Å². The number of hydrogen-bond acceptors (Lipinski definition) is 2. The monoisotopic (exact) mass is 338 g/mol. The number of ketones is 2. The number of carbonyl (C=O) groups is 2. The van der Waals surface area contributed by atoms with Crippen LogP contribution in [0.25, 0.3) is 21.5 Å². The fraction of sp³-hybridized carbons (Fsp3) is 0.0833. The van der Waals surface area contributed by atoms with E-state index >= 15 is 0 Å². The molecule has 0 bridgehead atoms. The molecule has 0 atom stereocenters. The fourth-order valence-electron chi connectivity index (χ4n) is 3.24. The molecule has 0 saturated heterocycles. The van der Waals surface area contributed by atoms with Gasteiger partial charge < -0.3 is 0 Å². The maximum Gasteiger partial charge on any atom is 0.163 e. The SMILES string of the molecule is O=C(CCC(=O)c1ccc2ccccc2c1)c1ccc2ccccc2c1. The first-order valence-electron chi connectivity index (χ1n) is 8.75. The van der Waals surface area contributed by atoms with Crippen molar-refractivity contribution in [3.63, 3.8) is 0 Å². The summed E-state index contributed by atoms with van der Waals surface area (Å²) in [5.74, 6) is 0.00906. The average Bonchev–Trinajstić information content (AvgIpc) is 2.71. The minimum Gasteiger partial charge on any atom is -0.294 e. The van der Waals surface area contributed by atoms with E-state index in [1.807, 2.05) is 84.9 Å². The minimum absolute atomic E-state index is 0.00453. The molecule has 0 aliphatic carbocycles. The Morgan fingerprint density at radius 3 is 1.31 bits per heavy atom. The summed E-state index contributed by atoms with van der Waals surface area (Å²) in [5.41, 5.74) is 1.32. The second kappa shape index (κ2) is 6.93. The van der Waals surface area contributed by atoms with Gasteiger partial charge in [0.2, 0.25) is 0 Å². The summed E-state index contributed by atoms with van der Waals surface area (Å²) in [7, 11) is 0. The molecular formula is C24H18O2. The van der Waals surface area contributed by atoms with Crippen molar-refractivity contribution in [2.24, 2.45) is 0 Å². The van der Waals surface area contributed by atoms with Crippen molar-refractivity contribution < 1.29 is 9.59 Å². The van der Waals surface area contributed by atoms with Crippen LogP contribution in [-0.2, 0) is 0 Å². The lowest BCUT2D eigenvalue weighted by Gasteiger charge is -2.05. The predicted molar refractivity (Wildman–Crippen MR) is 106 cm³/mol. The Hall–Kier alpha value is -3.26. The van der Waals surface area contributed by atoms with E-state index in [1.165, 1.54) is 0 Å². The van der Waals surface area contributed by atoms with Crippen LogP contribution in [0.3, 0.4) is 0 Å². The molecule has 0 aromatic heterocycles. The first kappa shape index (κ1) is 16.2. The standard InChI is InChI=1S/C24H18O2/c25-23(21-11-9-17-5-1-3-7-19(17)15-21)13-14-24(26)22-12-10-18-6-2-4-8-20(18)16-22/h1-12,15-16H,13-14H2. The van der Waals surface area contributed by atoms with Gasteiger partial charge in [0.1, 0.15) is 0 Å². The molecule has 0 fully saturated rings. The van der Waals surface area contributed by atoms with Gasteiger partial charge in [0.05, 0.1) is 0 Å². The molecule has 0 amide bonds. The van der Waals surface area contributed by atoms with Crippen molar-refractivity contribution in [1.82, 2.24) is 0 Å². The number of carbonyl (C=O) groups excluding carboxylic acids is 2. The molecule has 4 aromatic carbocycles. The van der Waals surface area contributed by atoms with Crippen LogP contribution >= 0.6 is 0 Å². The molecule has 2 nitrogen and oxygen atoms in total. The Balaban J connectivity index is 1.47. The summed E-state index contributed by atoms with van der Waals surface area (Å²) in [4.78, 5) is 25.0. The van der Waals surface area contributed by atoms with Gasteiger partial charge >= 0.3 is 0 Å². The summed E-state index contributed by atoms with van der Waals surface area (Å²) in [6.07, 6.45) is 0.452. The number of Topliss-reactive ketones (excluding diaryl/α,β-unsaturated/α-hetero) is 2. The Morgan fingerprint density at radius 1 is 0.500 bits per heavy atom. The highest BCUT2D eigenvalue weighted by Crippen LogP contribution is 2.19. The maximum atomic E-state index is 12.5. The molecular weight excluding hydrogens is 320 g/mol. The van der Waals surface area contributed by atoms with Crippen molar-refractivity contribution in [3.05, 3.63) is 96.1 Å². The lowest BCUT2D eigenvalue weighted by atomic mass is 9.98. The first-order valence-corrected chi connectivity index (χ1v) is 8.75. The Morgan fingerprint density at radius 2 is 0.885 bits per heavy atom. The largest absolute Gasteiger partial charge is 0.294 e. The number of benzene rings is 4. The van der Waals surface area contributed by atoms with Crippen LogP contribution in [0.2, 0.25) is 0 Å². The van der Waals surface area contributed by atoms with Gasteiger partial charge in [-0.25, -0.2) is 0 Å². The zero-order valence-corrected chi connectivity index (χ0v) is 14.3. The molecule has 4 rings (SSSR count). The van der Waals surface area contributed by atoms with E-state index in [4.69, 9.17) is 0 Å². The van der Waals surface area contributed by atoms with Crippen molar-refractivity contribution in [3.8, 4) is 0 Å². The molecule has 0 saturated carbocycles. The molecule has 0 N–H and O–H groups in total.